The first-order chi connectivity index (χ1) is 11.8. The summed E-state index contributed by atoms with van der Waals surface area (Å²) < 4.78 is 0. The molecular weight excluding hydrogens is 298 g/mol. The van der Waals surface area contributed by atoms with Crippen LogP contribution in [-0.2, 0) is 12.8 Å². The molecule has 4 nitrogen and oxygen atoms in total. The highest BCUT2D eigenvalue weighted by Gasteiger charge is 2.21. The van der Waals surface area contributed by atoms with Crippen LogP contribution in [0.15, 0.2) is 54.6 Å². The van der Waals surface area contributed by atoms with Crippen LogP contribution in [0.3, 0.4) is 0 Å². The number of fused-ring (bicyclic) bond motifs is 1. The number of benzene rings is 2. The number of hydrogen-bond acceptors (Lipinski definition) is 2. The van der Waals surface area contributed by atoms with Crippen LogP contribution in [0.25, 0.3) is 11.3 Å². The highest BCUT2D eigenvalue weighted by atomic mass is 16.1. The van der Waals surface area contributed by atoms with Gasteiger partial charge in [-0.25, -0.2) is 0 Å². The second-order valence-corrected chi connectivity index (χ2v) is 6.10. The zero-order chi connectivity index (χ0) is 16.4. The molecule has 0 spiro atoms. The number of aromatic nitrogens is 2. The predicted molar refractivity (Wildman–Crippen MR) is 95.1 cm³/mol. The third kappa shape index (κ3) is 2.71. The van der Waals surface area contributed by atoms with Crippen molar-refractivity contribution in [1.29, 1.82) is 0 Å². The summed E-state index contributed by atoms with van der Waals surface area (Å²) in [6.07, 6.45) is 4.44. The van der Waals surface area contributed by atoms with Gasteiger partial charge in [0.2, 0.25) is 0 Å². The van der Waals surface area contributed by atoms with Crippen molar-refractivity contribution >= 4 is 11.6 Å². The maximum absolute atomic E-state index is 12.7. The molecule has 0 unspecified atom stereocenters. The Morgan fingerprint density at radius 1 is 0.958 bits per heavy atom. The minimum Gasteiger partial charge on any atom is -0.322 e. The van der Waals surface area contributed by atoms with Gasteiger partial charge in [-0.05, 0) is 43.9 Å². The fourth-order valence-electron chi connectivity index (χ4n) is 3.31. The van der Waals surface area contributed by atoms with Crippen LogP contribution < -0.4 is 5.32 Å². The van der Waals surface area contributed by atoms with Gasteiger partial charge in [-0.2, -0.15) is 5.10 Å². The van der Waals surface area contributed by atoms with Gasteiger partial charge in [0.1, 0.15) is 0 Å². The molecule has 0 saturated heterocycles. The lowest BCUT2D eigenvalue weighted by molar-refractivity contribution is 0.102. The molecule has 1 aliphatic carbocycles. The lowest BCUT2D eigenvalue weighted by Crippen LogP contribution is -2.13. The highest BCUT2D eigenvalue weighted by molar-refractivity contribution is 6.08. The lowest BCUT2D eigenvalue weighted by atomic mass is 9.92. The summed E-state index contributed by atoms with van der Waals surface area (Å²) in [6.45, 7) is 0. The quantitative estimate of drug-likeness (QED) is 0.760. The molecular formula is C20H19N3O. The molecule has 120 valence electrons. The molecule has 1 amide bonds. The number of hydrogen-bond donors (Lipinski definition) is 2. The van der Waals surface area contributed by atoms with E-state index < -0.39 is 0 Å². The van der Waals surface area contributed by atoms with E-state index in [0.717, 1.165) is 29.8 Å². The third-order valence-corrected chi connectivity index (χ3v) is 4.51. The van der Waals surface area contributed by atoms with Gasteiger partial charge in [0, 0.05) is 28.1 Å². The SMILES string of the molecule is O=C(Nc1ccccc1)c1ccccc1-c1n[nH]c2c1CCCC2. The Hall–Kier alpha value is -2.88. The number of rotatable bonds is 3. The van der Waals surface area contributed by atoms with E-state index in [2.05, 4.69) is 15.5 Å². The molecule has 0 bridgehead atoms. The Morgan fingerprint density at radius 2 is 1.71 bits per heavy atom. The van der Waals surface area contributed by atoms with Crippen molar-refractivity contribution < 1.29 is 4.79 Å². The summed E-state index contributed by atoms with van der Waals surface area (Å²) in [5, 5.41) is 10.6. The Bertz CT molecular complexity index is 868. The molecule has 3 aromatic rings. The van der Waals surface area contributed by atoms with E-state index in [-0.39, 0.29) is 5.91 Å². The summed E-state index contributed by atoms with van der Waals surface area (Å²) in [5.41, 5.74) is 5.74. The van der Waals surface area contributed by atoms with Crippen molar-refractivity contribution in [2.24, 2.45) is 0 Å². The van der Waals surface area contributed by atoms with Gasteiger partial charge in [-0.1, -0.05) is 36.4 Å². The van der Waals surface area contributed by atoms with Gasteiger partial charge in [0.25, 0.3) is 5.91 Å². The highest BCUT2D eigenvalue weighted by Crippen LogP contribution is 2.31. The molecule has 2 N–H and O–H groups in total. The number of aromatic amines is 1. The third-order valence-electron chi connectivity index (χ3n) is 4.51. The Labute approximate surface area is 140 Å². The van der Waals surface area contributed by atoms with Crippen molar-refractivity contribution in [3.63, 3.8) is 0 Å². The average molecular weight is 317 g/mol. The number of amides is 1. The van der Waals surface area contributed by atoms with Gasteiger partial charge in [-0.15, -0.1) is 0 Å². The first-order valence-corrected chi connectivity index (χ1v) is 8.35. The molecule has 24 heavy (non-hydrogen) atoms. The first-order valence-electron chi connectivity index (χ1n) is 8.35. The van der Waals surface area contributed by atoms with Crippen LogP contribution in [0, 0.1) is 0 Å². The van der Waals surface area contributed by atoms with Crippen molar-refractivity contribution in [3.8, 4) is 11.3 Å². The summed E-state index contributed by atoms with van der Waals surface area (Å²) >= 11 is 0. The molecule has 1 heterocycles. The molecule has 0 radical (unpaired) electrons. The molecule has 0 fully saturated rings. The number of anilines is 1. The van der Waals surface area contributed by atoms with E-state index in [0.29, 0.717) is 5.56 Å². The summed E-state index contributed by atoms with van der Waals surface area (Å²) in [6, 6.07) is 17.2. The lowest BCUT2D eigenvalue weighted by Gasteiger charge is -2.13. The number of aryl methyl sites for hydroxylation is 1. The number of carbonyl (C=O) groups is 1. The molecule has 1 aliphatic rings. The van der Waals surface area contributed by atoms with E-state index in [4.69, 9.17) is 0 Å². The largest absolute Gasteiger partial charge is 0.322 e. The van der Waals surface area contributed by atoms with Crippen LogP contribution in [-0.4, -0.2) is 16.1 Å². The fraction of sp³-hybridized carbons (Fsp3) is 0.200. The minimum absolute atomic E-state index is 0.107. The van der Waals surface area contributed by atoms with Crippen LogP contribution in [0.2, 0.25) is 0 Å². The van der Waals surface area contributed by atoms with Crippen LogP contribution in [0.5, 0.6) is 0 Å². The van der Waals surface area contributed by atoms with Crippen molar-refractivity contribution in [1.82, 2.24) is 10.2 Å². The number of para-hydroxylation sites is 1. The monoisotopic (exact) mass is 317 g/mol. The van der Waals surface area contributed by atoms with Gasteiger partial charge >= 0.3 is 0 Å². The van der Waals surface area contributed by atoms with Gasteiger partial charge in [-0.3, -0.25) is 9.89 Å². The van der Waals surface area contributed by atoms with Crippen molar-refractivity contribution in [2.75, 3.05) is 5.32 Å². The maximum atomic E-state index is 12.7. The Kier molecular flexibility index (Phi) is 3.87. The Morgan fingerprint density at radius 3 is 2.58 bits per heavy atom. The zero-order valence-corrected chi connectivity index (χ0v) is 13.4. The van der Waals surface area contributed by atoms with E-state index in [1.54, 1.807) is 0 Å². The maximum Gasteiger partial charge on any atom is 0.256 e. The second-order valence-electron chi connectivity index (χ2n) is 6.10. The van der Waals surface area contributed by atoms with Crippen molar-refractivity contribution in [3.05, 3.63) is 71.4 Å². The van der Waals surface area contributed by atoms with Crippen LogP contribution in [0.4, 0.5) is 5.69 Å². The molecule has 4 rings (SSSR count). The minimum atomic E-state index is -0.107. The van der Waals surface area contributed by atoms with Crippen molar-refractivity contribution in [2.45, 2.75) is 25.7 Å². The summed E-state index contributed by atoms with van der Waals surface area (Å²) in [7, 11) is 0. The standard InChI is InChI=1S/C20H19N3O/c24-20(21-14-8-2-1-3-9-14)16-11-5-4-10-15(16)19-17-12-6-7-13-18(17)22-23-19/h1-5,8-11H,6-7,12-13H2,(H,21,24)(H,22,23). The number of nitrogens with one attached hydrogen (secondary N) is 2. The van der Waals surface area contributed by atoms with E-state index in [1.807, 2.05) is 54.6 Å². The fourth-order valence-corrected chi connectivity index (χ4v) is 3.31. The zero-order valence-electron chi connectivity index (χ0n) is 13.4. The molecule has 0 aliphatic heterocycles. The van der Waals surface area contributed by atoms with E-state index in [9.17, 15) is 4.79 Å². The predicted octanol–water partition coefficient (Wildman–Crippen LogP) is 4.21. The van der Waals surface area contributed by atoms with E-state index in [1.165, 1.54) is 24.1 Å². The number of nitrogens with zero attached hydrogens (tertiary/aromatic N) is 1. The topological polar surface area (TPSA) is 57.8 Å². The van der Waals surface area contributed by atoms with E-state index >= 15 is 0 Å². The molecule has 0 atom stereocenters. The second kappa shape index (κ2) is 6.32. The molecule has 4 heteroatoms. The number of carbonyl (C=O) groups excluding carboxylic acids is 1. The molecule has 1 aromatic heterocycles. The molecule has 0 saturated carbocycles. The normalized spacial score (nSPS) is 13.3. The summed E-state index contributed by atoms with van der Waals surface area (Å²) in [5.74, 6) is -0.107. The van der Waals surface area contributed by atoms with Crippen LogP contribution in [0.1, 0.15) is 34.5 Å². The van der Waals surface area contributed by atoms with Gasteiger partial charge < -0.3 is 5.32 Å². The van der Waals surface area contributed by atoms with Crippen LogP contribution >= 0.6 is 0 Å². The Balaban J connectivity index is 1.71. The smallest absolute Gasteiger partial charge is 0.256 e. The average Bonchev–Trinajstić information content (AvgIpc) is 3.06. The van der Waals surface area contributed by atoms with Gasteiger partial charge in [0.15, 0.2) is 0 Å². The van der Waals surface area contributed by atoms with Gasteiger partial charge in [0.05, 0.1) is 5.69 Å². The molecule has 2 aromatic carbocycles. The summed E-state index contributed by atoms with van der Waals surface area (Å²) in [4.78, 5) is 12.7. The number of H-pyrrole nitrogens is 1. The first kappa shape index (κ1) is 14.7.